The van der Waals surface area contributed by atoms with Crippen LogP contribution in [-0.4, -0.2) is 17.7 Å². The standard InChI is InChI=1S/C10H11N3O3/c1-5(14)16-7-4-2-3-6(10(13)15)8(7)9(11)12/h2-4H,1H3,(H3,11,12)(H2,13,15). The van der Waals surface area contributed by atoms with Crippen molar-refractivity contribution in [1.82, 2.24) is 0 Å². The van der Waals surface area contributed by atoms with Gasteiger partial charge in [-0.15, -0.1) is 0 Å². The summed E-state index contributed by atoms with van der Waals surface area (Å²) in [6.07, 6.45) is 0. The van der Waals surface area contributed by atoms with Crippen LogP contribution in [0.3, 0.4) is 0 Å². The van der Waals surface area contributed by atoms with Crippen LogP contribution in [0.15, 0.2) is 18.2 Å². The molecule has 6 nitrogen and oxygen atoms in total. The molecule has 0 saturated heterocycles. The topological polar surface area (TPSA) is 119 Å². The molecule has 1 amide bonds. The molecule has 16 heavy (non-hydrogen) atoms. The molecule has 0 aliphatic heterocycles. The molecule has 0 unspecified atom stereocenters. The molecule has 0 atom stereocenters. The maximum atomic E-state index is 11.1. The Balaban J connectivity index is 3.38. The number of nitrogen functional groups attached to an aromatic ring is 1. The van der Waals surface area contributed by atoms with Crippen LogP contribution in [0.4, 0.5) is 0 Å². The third kappa shape index (κ3) is 2.35. The van der Waals surface area contributed by atoms with Crippen LogP contribution in [0, 0.1) is 5.41 Å². The quantitative estimate of drug-likeness (QED) is 0.288. The molecule has 1 aromatic carbocycles. The second kappa shape index (κ2) is 4.43. The van der Waals surface area contributed by atoms with Crippen molar-refractivity contribution in [1.29, 1.82) is 5.41 Å². The van der Waals surface area contributed by atoms with Gasteiger partial charge in [0.25, 0.3) is 0 Å². The first-order valence-electron chi connectivity index (χ1n) is 4.39. The second-order valence-electron chi connectivity index (χ2n) is 3.05. The molecular formula is C10H11N3O3. The number of amides is 1. The predicted molar refractivity (Wildman–Crippen MR) is 57.3 cm³/mol. The molecule has 0 spiro atoms. The number of carbonyl (C=O) groups excluding carboxylic acids is 2. The molecule has 1 aromatic rings. The Kier molecular flexibility index (Phi) is 3.24. The van der Waals surface area contributed by atoms with E-state index in [1.54, 1.807) is 0 Å². The molecule has 0 aromatic heterocycles. The number of rotatable bonds is 3. The zero-order valence-electron chi connectivity index (χ0n) is 8.61. The number of hydrogen-bond acceptors (Lipinski definition) is 4. The van der Waals surface area contributed by atoms with Gasteiger partial charge in [0.15, 0.2) is 0 Å². The van der Waals surface area contributed by atoms with Gasteiger partial charge >= 0.3 is 5.97 Å². The van der Waals surface area contributed by atoms with Crippen LogP contribution in [0.5, 0.6) is 5.75 Å². The number of hydrogen-bond donors (Lipinski definition) is 3. The predicted octanol–water partition coefficient (Wildman–Crippen LogP) is -0.00513. The number of carbonyl (C=O) groups is 2. The number of primary amides is 1. The zero-order valence-corrected chi connectivity index (χ0v) is 8.61. The summed E-state index contributed by atoms with van der Waals surface area (Å²) >= 11 is 0. The van der Waals surface area contributed by atoms with Crippen LogP contribution in [-0.2, 0) is 4.79 Å². The van der Waals surface area contributed by atoms with E-state index in [4.69, 9.17) is 21.6 Å². The molecule has 0 heterocycles. The number of nitrogens with two attached hydrogens (primary N) is 2. The third-order valence-electron chi connectivity index (χ3n) is 1.81. The van der Waals surface area contributed by atoms with Gasteiger partial charge in [-0.3, -0.25) is 15.0 Å². The molecule has 0 saturated carbocycles. The van der Waals surface area contributed by atoms with Crippen LogP contribution in [0.2, 0.25) is 0 Å². The molecular weight excluding hydrogens is 210 g/mol. The molecule has 5 N–H and O–H groups in total. The van der Waals surface area contributed by atoms with E-state index in [-0.39, 0.29) is 22.7 Å². The first-order chi connectivity index (χ1) is 7.43. The SMILES string of the molecule is CC(=O)Oc1cccc(C(N)=O)c1C(=N)N. The molecule has 0 radical (unpaired) electrons. The highest BCUT2D eigenvalue weighted by molar-refractivity contribution is 6.09. The summed E-state index contributed by atoms with van der Waals surface area (Å²) < 4.78 is 4.83. The lowest BCUT2D eigenvalue weighted by atomic mass is 10.1. The Morgan fingerprint density at radius 1 is 1.31 bits per heavy atom. The van der Waals surface area contributed by atoms with Crippen molar-refractivity contribution in [3.05, 3.63) is 29.3 Å². The van der Waals surface area contributed by atoms with Crippen molar-refractivity contribution < 1.29 is 14.3 Å². The molecule has 1 rings (SSSR count). The number of amidine groups is 1. The van der Waals surface area contributed by atoms with E-state index in [1.165, 1.54) is 25.1 Å². The Bertz CT molecular complexity index is 468. The fraction of sp³-hybridized carbons (Fsp3) is 0.100. The van der Waals surface area contributed by atoms with E-state index in [1.807, 2.05) is 0 Å². The Hall–Kier alpha value is -2.37. The number of esters is 1. The van der Waals surface area contributed by atoms with Crippen LogP contribution in [0.1, 0.15) is 22.8 Å². The molecule has 0 bridgehead atoms. The lowest BCUT2D eigenvalue weighted by Crippen LogP contribution is -2.22. The number of benzene rings is 1. The highest BCUT2D eigenvalue weighted by Gasteiger charge is 2.16. The van der Waals surface area contributed by atoms with Gasteiger partial charge in [-0.1, -0.05) is 6.07 Å². The van der Waals surface area contributed by atoms with Crippen molar-refractivity contribution in [2.75, 3.05) is 0 Å². The van der Waals surface area contributed by atoms with E-state index in [2.05, 4.69) is 0 Å². The van der Waals surface area contributed by atoms with Crippen molar-refractivity contribution in [3.63, 3.8) is 0 Å². The first kappa shape index (κ1) is 11.7. The molecule has 0 aliphatic carbocycles. The summed E-state index contributed by atoms with van der Waals surface area (Å²) in [6, 6.07) is 4.33. The van der Waals surface area contributed by atoms with E-state index >= 15 is 0 Å². The summed E-state index contributed by atoms with van der Waals surface area (Å²) in [5, 5.41) is 7.33. The maximum Gasteiger partial charge on any atom is 0.308 e. The van der Waals surface area contributed by atoms with Crippen LogP contribution >= 0.6 is 0 Å². The summed E-state index contributed by atoms with van der Waals surface area (Å²) in [7, 11) is 0. The van der Waals surface area contributed by atoms with Gasteiger partial charge in [-0.25, -0.2) is 0 Å². The van der Waals surface area contributed by atoms with Gasteiger partial charge in [-0.05, 0) is 12.1 Å². The van der Waals surface area contributed by atoms with Gasteiger partial charge < -0.3 is 16.2 Å². The van der Waals surface area contributed by atoms with Crippen LogP contribution in [0.25, 0.3) is 0 Å². The minimum atomic E-state index is -0.737. The molecule has 84 valence electrons. The van der Waals surface area contributed by atoms with E-state index < -0.39 is 11.9 Å². The number of nitrogens with one attached hydrogen (secondary N) is 1. The van der Waals surface area contributed by atoms with Crippen molar-refractivity contribution in [2.45, 2.75) is 6.92 Å². The Labute approximate surface area is 91.7 Å². The van der Waals surface area contributed by atoms with Gasteiger partial charge in [0.05, 0.1) is 11.1 Å². The van der Waals surface area contributed by atoms with Gasteiger partial charge in [0.2, 0.25) is 5.91 Å². The van der Waals surface area contributed by atoms with Gasteiger partial charge in [0.1, 0.15) is 11.6 Å². The Morgan fingerprint density at radius 2 is 1.94 bits per heavy atom. The lowest BCUT2D eigenvalue weighted by Gasteiger charge is -2.10. The van der Waals surface area contributed by atoms with E-state index in [0.717, 1.165) is 0 Å². The fourth-order valence-corrected chi connectivity index (χ4v) is 1.25. The maximum absolute atomic E-state index is 11.1. The third-order valence-corrected chi connectivity index (χ3v) is 1.81. The molecule has 0 fully saturated rings. The van der Waals surface area contributed by atoms with Crippen molar-refractivity contribution in [2.24, 2.45) is 11.5 Å². The van der Waals surface area contributed by atoms with E-state index in [9.17, 15) is 9.59 Å². The average Bonchev–Trinajstić information content (AvgIpc) is 2.15. The van der Waals surface area contributed by atoms with Crippen molar-refractivity contribution in [3.8, 4) is 5.75 Å². The molecule has 6 heteroatoms. The smallest absolute Gasteiger partial charge is 0.308 e. The normalized spacial score (nSPS) is 9.56. The van der Waals surface area contributed by atoms with Crippen LogP contribution < -0.4 is 16.2 Å². The summed E-state index contributed by atoms with van der Waals surface area (Å²) in [5.41, 5.74) is 10.5. The van der Waals surface area contributed by atoms with E-state index in [0.29, 0.717) is 0 Å². The van der Waals surface area contributed by atoms with Gasteiger partial charge in [0, 0.05) is 6.92 Å². The minimum Gasteiger partial charge on any atom is -0.426 e. The van der Waals surface area contributed by atoms with Gasteiger partial charge in [-0.2, -0.15) is 0 Å². The lowest BCUT2D eigenvalue weighted by molar-refractivity contribution is -0.131. The largest absolute Gasteiger partial charge is 0.426 e. The summed E-state index contributed by atoms with van der Waals surface area (Å²) in [6.45, 7) is 1.21. The highest BCUT2D eigenvalue weighted by atomic mass is 16.5. The zero-order chi connectivity index (χ0) is 12.3. The van der Waals surface area contributed by atoms with Crippen molar-refractivity contribution >= 4 is 17.7 Å². The average molecular weight is 221 g/mol. The second-order valence-corrected chi connectivity index (χ2v) is 3.05. The first-order valence-corrected chi connectivity index (χ1v) is 4.39. The minimum absolute atomic E-state index is 0.0326. The summed E-state index contributed by atoms with van der Waals surface area (Å²) in [5.74, 6) is -1.63. The molecule has 0 aliphatic rings. The fourth-order valence-electron chi connectivity index (χ4n) is 1.25. The number of ether oxygens (including phenoxy) is 1. The monoisotopic (exact) mass is 221 g/mol. The summed E-state index contributed by atoms with van der Waals surface area (Å²) in [4.78, 5) is 21.9. The Morgan fingerprint density at radius 3 is 2.38 bits per heavy atom. The highest BCUT2D eigenvalue weighted by Crippen LogP contribution is 2.21.